The average molecular weight is 604 g/mol. The van der Waals surface area contributed by atoms with Gasteiger partial charge in [-0.25, -0.2) is 19.6 Å². The van der Waals surface area contributed by atoms with Gasteiger partial charge < -0.3 is 33.9 Å². The maximum absolute atomic E-state index is 12.4. The summed E-state index contributed by atoms with van der Waals surface area (Å²) < 4.78 is 94.6. The minimum absolute atomic E-state index is 0.0243. The van der Waals surface area contributed by atoms with Gasteiger partial charge in [-0.3, -0.25) is 0 Å². The fraction of sp³-hybridized carbons (Fsp3) is 0.500. The van der Waals surface area contributed by atoms with Gasteiger partial charge in [-0.05, 0) is 0 Å². The molecule has 11 nitrogen and oxygen atoms in total. The summed E-state index contributed by atoms with van der Waals surface area (Å²) in [5.74, 6) is -4.27. The lowest BCUT2D eigenvalue weighted by atomic mass is 10.2. The molecular formula is C24H30F6N2O9. The summed E-state index contributed by atoms with van der Waals surface area (Å²) in [6.45, 7) is 0.533. The van der Waals surface area contributed by atoms with Crippen LogP contribution in [0, 0.1) is 11.8 Å². The Bertz CT molecular complexity index is 1110. The van der Waals surface area contributed by atoms with Gasteiger partial charge in [0, 0.05) is 12.1 Å². The fourth-order valence-corrected chi connectivity index (χ4v) is 2.13. The number of alkyl halides is 6. The molecule has 0 aromatic carbocycles. The van der Waals surface area contributed by atoms with E-state index in [1.165, 1.54) is 40.6 Å². The largest absolute Gasteiger partial charge is 0.503 e. The third-order valence-corrected chi connectivity index (χ3v) is 4.79. The molecule has 2 heterocycles. The van der Waals surface area contributed by atoms with Crippen molar-refractivity contribution in [1.29, 1.82) is 0 Å². The van der Waals surface area contributed by atoms with Crippen LogP contribution in [0.3, 0.4) is 0 Å². The van der Waals surface area contributed by atoms with Crippen molar-refractivity contribution in [2.75, 3.05) is 41.7 Å². The number of aliphatic hydroxyl groups is 1. The first kappa shape index (κ1) is 37.0. The van der Waals surface area contributed by atoms with Gasteiger partial charge in [0.05, 0.1) is 65.9 Å². The van der Waals surface area contributed by atoms with E-state index < -0.39 is 49.3 Å². The maximum atomic E-state index is 12.4. The van der Waals surface area contributed by atoms with E-state index in [1.54, 1.807) is 0 Å². The Kier molecular flexibility index (Phi) is 15.3. The number of hydrogen-bond acceptors (Lipinski definition) is 11. The highest BCUT2D eigenvalue weighted by Gasteiger charge is 2.36. The van der Waals surface area contributed by atoms with E-state index in [9.17, 15) is 35.9 Å². The lowest BCUT2D eigenvalue weighted by Gasteiger charge is -2.17. The molecule has 2 aromatic heterocycles. The molecule has 0 radical (unpaired) electrons. The molecular weight excluding hydrogens is 574 g/mol. The van der Waals surface area contributed by atoms with Crippen LogP contribution < -0.4 is 14.2 Å². The first-order valence-electron chi connectivity index (χ1n) is 11.3. The summed E-state index contributed by atoms with van der Waals surface area (Å²) >= 11 is 0. The van der Waals surface area contributed by atoms with Crippen molar-refractivity contribution < 1.29 is 69.8 Å². The predicted octanol–water partition coefficient (Wildman–Crippen LogP) is 4.21. The summed E-state index contributed by atoms with van der Waals surface area (Å²) in [6.07, 6.45) is -6.33. The second kappa shape index (κ2) is 16.9. The molecule has 0 bridgehead atoms. The van der Waals surface area contributed by atoms with Crippen LogP contribution in [0.1, 0.15) is 34.8 Å². The van der Waals surface area contributed by atoms with Crippen molar-refractivity contribution >= 4 is 11.9 Å². The van der Waals surface area contributed by atoms with Crippen molar-refractivity contribution in [2.24, 2.45) is 11.8 Å². The predicted molar refractivity (Wildman–Crippen MR) is 129 cm³/mol. The zero-order valence-electron chi connectivity index (χ0n) is 22.8. The van der Waals surface area contributed by atoms with E-state index in [1.807, 2.05) is 0 Å². The number of aliphatic hydroxyl groups excluding tert-OH is 1. The molecule has 0 aliphatic rings. The number of carbonyl (C=O) groups is 2. The Morgan fingerprint density at radius 1 is 0.780 bits per heavy atom. The van der Waals surface area contributed by atoms with Gasteiger partial charge in [0.25, 0.3) is 0 Å². The molecule has 0 aliphatic carbocycles. The van der Waals surface area contributed by atoms with Crippen LogP contribution in [-0.2, 0) is 9.47 Å². The zero-order valence-corrected chi connectivity index (χ0v) is 22.8. The molecule has 0 amide bonds. The van der Waals surface area contributed by atoms with E-state index in [2.05, 4.69) is 19.4 Å². The number of ether oxygens (including phenoxy) is 5. The van der Waals surface area contributed by atoms with Gasteiger partial charge in [-0.2, -0.15) is 26.3 Å². The normalized spacial score (nSPS) is 12.3. The molecule has 2 unspecified atom stereocenters. The summed E-state index contributed by atoms with van der Waals surface area (Å²) in [4.78, 5) is 29.6. The van der Waals surface area contributed by atoms with Crippen LogP contribution in [0.4, 0.5) is 26.3 Å². The second-order valence-corrected chi connectivity index (χ2v) is 7.82. The molecule has 0 spiro atoms. The molecule has 17 heteroatoms. The Labute approximate surface area is 231 Å². The van der Waals surface area contributed by atoms with Crippen LogP contribution in [0.15, 0.2) is 24.5 Å². The Balaban J connectivity index is 0.000000652. The molecule has 0 saturated carbocycles. The first-order valence-corrected chi connectivity index (χ1v) is 11.3. The molecule has 2 N–H and O–H groups in total. The third kappa shape index (κ3) is 12.8. The maximum Gasteiger partial charge on any atom is 0.394 e. The molecule has 2 rings (SSSR count). The van der Waals surface area contributed by atoms with Crippen molar-refractivity contribution in [1.82, 2.24) is 9.97 Å². The van der Waals surface area contributed by atoms with E-state index in [4.69, 9.17) is 24.4 Å². The third-order valence-electron chi connectivity index (χ3n) is 4.79. The van der Waals surface area contributed by atoms with Crippen LogP contribution in [0.2, 0.25) is 0 Å². The SMILES string of the molecule is CC(CO)C(F)(F)F.COC(=O)c1cc(OC)c(O)cn1.COC(=O)c1cc(OC)c(OCC(C)C(F)(F)F)cn1. The number of carbonyl (C=O) groups excluding carboxylic acids is 2. The molecule has 0 fully saturated rings. The van der Waals surface area contributed by atoms with E-state index in [0.717, 1.165) is 26.2 Å². The van der Waals surface area contributed by atoms with Crippen LogP contribution in [0.25, 0.3) is 0 Å². The summed E-state index contributed by atoms with van der Waals surface area (Å²) in [5, 5.41) is 17.1. The Morgan fingerprint density at radius 2 is 1.22 bits per heavy atom. The molecule has 2 atom stereocenters. The topological polar surface area (TPSA) is 147 Å². The minimum atomic E-state index is -4.34. The van der Waals surface area contributed by atoms with Gasteiger partial charge in [-0.1, -0.05) is 13.8 Å². The smallest absolute Gasteiger partial charge is 0.394 e. The number of hydrogen-bond donors (Lipinski definition) is 2. The standard InChI is InChI=1S/C12H14F3NO4.C8H9NO4.C4H7F3O/c1-7(12(13,14)15)6-20-10-5-16-8(11(17)19-3)4-9(10)18-2;1-12-7-3-5(8(11)13-2)9-4-6(7)10;1-3(2-8)4(5,6)7/h4-5,7H,6H2,1-3H3;3-4,10H,1-2H3;3,8H,2H2,1H3. The molecule has 232 valence electrons. The van der Waals surface area contributed by atoms with E-state index in [-0.39, 0.29) is 34.4 Å². The number of rotatable bonds is 8. The van der Waals surface area contributed by atoms with Crippen molar-refractivity contribution in [3.63, 3.8) is 0 Å². The molecule has 0 aliphatic heterocycles. The number of nitrogens with zero attached hydrogens (tertiary/aromatic N) is 2. The molecule has 41 heavy (non-hydrogen) atoms. The Hall–Kier alpha value is -4.02. The monoisotopic (exact) mass is 604 g/mol. The van der Waals surface area contributed by atoms with Gasteiger partial charge >= 0.3 is 24.3 Å². The first-order chi connectivity index (χ1) is 19.0. The number of halogens is 6. The quantitative estimate of drug-likeness (QED) is 0.330. The average Bonchev–Trinajstić information content (AvgIpc) is 2.94. The highest BCUT2D eigenvalue weighted by atomic mass is 19.4. The minimum Gasteiger partial charge on any atom is -0.503 e. The number of aromatic hydroxyl groups is 1. The lowest BCUT2D eigenvalue weighted by Crippen LogP contribution is -2.26. The lowest BCUT2D eigenvalue weighted by molar-refractivity contribution is -0.178. The number of methoxy groups -OCH3 is 4. The van der Waals surface area contributed by atoms with E-state index in [0.29, 0.717) is 0 Å². The van der Waals surface area contributed by atoms with Crippen molar-refractivity contribution in [3.05, 3.63) is 35.9 Å². The summed E-state index contributed by atoms with van der Waals surface area (Å²) in [6, 6.07) is 2.54. The second-order valence-electron chi connectivity index (χ2n) is 7.82. The summed E-state index contributed by atoms with van der Waals surface area (Å²) in [5.41, 5.74) is 0.0673. The van der Waals surface area contributed by atoms with Crippen molar-refractivity contribution in [3.8, 4) is 23.0 Å². The van der Waals surface area contributed by atoms with Crippen LogP contribution in [-0.4, -0.2) is 86.1 Å². The fourth-order valence-electron chi connectivity index (χ4n) is 2.13. The number of pyridine rings is 2. The highest BCUT2D eigenvalue weighted by Crippen LogP contribution is 2.30. The Morgan fingerprint density at radius 3 is 1.59 bits per heavy atom. The van der Waals surface area contributed by atoms with Gasteiger partial charge in [0.2, 0.25) is 0 Å². The zero-order chi connectivity index (χ0) is 32.0. The van der Waals surface area contributed by atoms with Gasteiger partial charge in [-0.15, -0.1) is 0 Å². The van der Waals surface area contributed by atoms with Crippen LogP contribution >= 0.6 is 0 Å². The highest BCUT2D eigenvalue weighted by molar-refractivity contribution is 5.88. The summed E-state index contributed by atoms with van der Waals surface area (Å²) in [7, 11) is 5.13. The van der Waals surface area contributed by atoms with Crippen LogP contribution in [0.5, 0.6) is 23.0 Å². The molecule has 0 saturated heterocycles. The van der Waals surface area contributed by atoms with Gasteiger partial charge in [0.15, 0.2) is 34.4 Å². The number of esters is 2. The number of aromatic nitrogens is 2. The molecule has 2 aromatic rings. The van der Waals surface area contributed by atoms with E-state index >= 15 is 0 Å². The van der Waals surface area contributed by atoms with Gasteiger partial charge in [0.1, 0.15) is 0 Å². The van der Waals surface area contributed by atoms with Crippen molar-refractivity contribution in [2.45, 2.75) is 26.2 Å².